The third-order valence-corrected chi connectivity index (χ3v) is 5.88. The van der Waals surface area contributed by atoms with Gasteiger partial charge in [0.05, 0.1) is 16.5 Å². The summed E-state index contributed by atoms with van der Waals surface area (Å²) >= 11 is 1.64. The summed E-state index contributed by atoms with van der Waals surface area (Å²) in [6.07, 6.45) is 3.91. The van der Waals surface area contributed by atoms with Gasteiger partial charge in [-0.3, -0.25) is 0 Å². The minimum atomic E-state index is 0. The fourth-order valence-corrected chi connectivity index (χ4v) is 4.51. The van der Waals surface area contributed by atoms with Gasteiger partial charge in [0.2, 0.25) is 0 Å². The Labute approximate surface area is 175 Å². The summed E-state index contributed by atoms with van der Waals surface area (Å²) in [7, 11) is 0. The lowest BCUT2D eigenvalue weighted by Crippen LogP contribution is -2.06. The first kappa shape index (κ1) is 20.3. The van der Waals surface area contributed by atoms with Gasteiger partial charge in [0.25, 0.3) is 0 Å². The molecule has 3 aromatic rings. The Balaban J connectivity index is 0.00000225. The molecular formula is C22H22ClN3OS. The average Bonchev–Trinajstić information content (AvgIpc) is 3.29. The highest BCUT2D eigenvalue weighted by Crippen LogP contribution is 2.40. The van der Waals surface area contributed by atoms with Crippen molar-refractivity contribution < 1.29 is 4.74 Å². The van der Waals surface area contributed by atoms with E-state index >= 15 is 0 Å². The number of benzene rings is 2. The lowest BCUT2D eigenvalue weighted by molar-refractivity contribution is 0.242. The van der Waals surface area contributed by atoms with Gasteiger partial charge < -0.3 is 10.5 Å². The maximum atomic E-state index is 9.46. The molecule has 0 aliphatic heterocycles. The molecule has 28 heavy (non-hydrogen) atoms. The van der Waals surface area contributed by atoms with Crippen LogP contribution in [0.1, 0.15) is 43.0 Å². The van der Waals surface area contributed by atoms with Gasteiger partial charge in [-0.15, -0.1) is 23.7 Å². The molecule has 1 atom stereocenters. The van der Waals surface area contributed by atoms with Crippen LogP contribution >= 0.6 is 23.7 Å². The van der Waals surface area contributed by atoms with E-state index in [4.69, 9.17) is 10.5 Å². The number of nitriles is 1. The first-order valence-corrected chi connectivity index (χ1v) is 9.93. The van der Waals surface area contributed by atoms with Gasteiger partial charge >= 0.3 is 0 Å². The molecule has 0 amide bonds. The van der Waals surface area contributed by atoms with E-state index in [0.717, 1.165) is 28.3 Å². The maximum Gasteiger partial charge on any atom is 0.137 e. The molecule has 2 N–H and O–H groups in total. The topological polar surface area (TPSA) is 71.9 Å². The molecule has 1 aliphatic carbocycles. The molecule has 0 fully saturated rings. The third-order valence-electron chi connectivity index (χ3n) is 4.80. The van der Waals surface area contributed by atoms with Crippen LogP contribution in [0.5, 0.6) is 5.75 Å². The Bertz CT molecular complexity index is 1040. The van der Waals surface area contributed by atoms with Crippen LogP contribution < -0.4 is 10.5 Å². The quantitative estimate of drug-likeness (QED) is 0.614. The third kappa shape index (κ3) is 3.77. The smallest absolute Gasteiger partial charge is 0.137 e. The van der Waals surface area contributed by atoms with E-state index < -0.39 is 0 Å². The molecule has 6 heteroatoms. The number of hydrogen-bond donors (Lipinski definition) is 1. The van der Waals surface area contributed by atoms with Crippen molar-refractivity contribution in [2.45, 2.75) is 38.8 Å². The van der Waals surface area contributed by atoms with Crippen molar-refractivity contribution in [2.75, 3.05) is 0 Å². The molecular weight excluding hydrogens is 390 g/mol. The molecule has 0 radical (unpaired) electrons. The van der Waals surface area contributed by atoms with Crippen molar-refractivity contribution in [3.05, 3.63) is 59.3 Å². The Morgan fingerprint density at radius 2 is 2.11 bits per heavy atom. The van der Waals surface area contributed by atoms with Crippen LogP contribution in [-0.2, 0) is 6.42 Å². The number of nitrogens with zero attached hydrogens (tertiary/aromatic N) is 2. The highest BCUT2D eigenvalue weighted by Gasteiger charge is 2.23. The minimum Gasteiger partial charge on any atom is -0.490 e. The number of halogens is 1. The van der Waals surface area contributed by atoms with E-state index in [1.165, 1.54) is 16.7 Å². The zero-order chi connectivity index (χ0) is 19.0. The largest absolute Gasteiger partial charge is 0.490 e. The predicted molar refractivity (Wildman–Crippen MR) is 116 cm³/mol. The molecule has 0 spiro atoms. The number of fused-ring (bicyclic) bond motifs is 1. The molecule has 144 valence electrons. The van der Waals surface area contributed by atoms with Crippen LogP contribution in [0.15, 0.2) is 42.6 Å². The highest BCUT2D eigenvalue weighted by atomic mass is 35.5. The van der Waals surface area contributed by atoms with Crippen molar-refractivity contribution in [3.8, 4) is 32.8 Å². The summed E-state index contributed by atoms with van der Waals surface area (Å²) in [5.74, 6) is 0.621. The van der Waals surface area contributed by atoms with Gasteiger partial charge in [0.15, 0.2) is 0 Å². The number of aromatic nitrogens is 1. The molecule has 0 unspecified atom stereocenters. The normalized spacial score (nSPS) is 15.0. The molecule has 4 rings (SSSR count). The Morgan fingerprint density at radius 1 is 1.29 bits per heavy atom. The minimum absolute atomic E-state index is 0. The van der Waals surface area contributed by atoms with Crippen molar-refractivity contribution in [1.82, 2.24) is 4.98 Å². The lowest BCUT2D eigenvalue weighted by atomic mass is 10.0. The van der Waals surface area contributed by atoms with Crippen LogP contribution in [0.3, 0.4) is 0 Å². The Morgan fingerprint density at radius 3 is 2.86 bits per heavy atom. The maximum absolute atomic E-state index is 9.46. The second-order valence-corrected chi connectivity index (χ2v) is 8.07. The zero-order valence-corrected chi connectivity index (χ0v) is 17.4. The van der Waals surface area contributed by atoms with Crippen LogP contribution in [0.4, 0.5) is 0 Å². The van der Waals surface area contributed by atoms with Crippen molar-refractivity contribution in [2.24, 2.45) is 5.73 Å². The molecule has 1 aliphatic rings. The SMILES string of the molecule is CC(C)Oc1ccc(-c2cnc(-c3cccc4c3CC[C@H]4N)s2)cc1C#N.Cl. The first-order valence-electron chi connectivity index (χ1n) is 9.11. The van der Waals surface area contributed by atoms with Crippen LogP contribution in [0, 0.1) is 11.3 Å². The number of hydrogen-bond acceptors (Lipinski definition) is 5. The van der Waals surface area contributed by atoms with E-state index in [1.54, 1.807) is 11.3 Å². The molecule has 1 aromatic heterocycles. The van der Waals surface area contributed by atoms with E-state index in [2.05, 4.69) is 29.3 Å². The van der Waals surface area contributed by atoms with Gasteiger partial charge in [-0.05, 0) is 61.6 Å². The fraction of sp³-hybridized carbons (Fsp3) is 0.273. The Hall–Kier alpha value is -2.39. The van der Waals surface area contributed by atoms with Gasteiger partial charge in [0.1, 0.15) is 16.8 Å². The molecule has 0 saturated heterocycles. The van der Waals surface area contributed by atoms with Crippen LogP contribution in [0.25, 0.3) is 21.0 Å². The Kier molecular flexibility index (Phi) is 6.04. The van der Waals surface area contributed by atoms with E-state index in [0.29, 0.717) is 11.3 Å². The van der Waals surface area contributed by atoms with E-state index in [-0.39, 0.29) is 24.6 Å². The highest BCUT2D eigenvalue weighted by molar-refractivity contribution is 7.18. The van der Waals surface area contributed by atoms with Crippen molar-refractivity contribution >= 4 is 23.7 Å². The number of ether oxygens (including phenoxy) is 1. The van der Waals surface area contributed by atoms with Crippen molar-refractivity contribution in [3.63, 3.8) is 0 Å². The summed E-state index contributed by atoms with van der Waals surface area (Å²) in [4.78, 5) is 5.69. The molecule has 2 aromatic carbocycles. The summed E-state index contributed by atoms with van der Waals surface area (Å²) in [5, 5.41) is 10.5. The molecule has 0 saturated carbocycles. The van der Waals surface area contributed by atoms with E-state index in [1.807, 2.05) is 38.2 Å². The van der Waals surface area contributed by atoms with Gasteiger partial charge in [-0.25, -0.2) is 4.98 Å². The lowest BCUT2D eigenvalue weighted by Gasteiger charge is -2.11. The summed E-state index contributed by atoms with van der Waals surface area (Å²) in [6, 6.07) is 14.4. The van der Waals surface area contributed by atoms with Crippen LogP contribution in [-0.4, -0.2) is 11.1 Å². The standard InChI is InChI=1S/C22H21N3OS.ClH/c1-13(2)26-20-9-6-14(10-15(20)11-23)21-12-25-22(27-21)18-5-3-4-17-16(18)7-8-19(17)24;/h3-6,9-10,12-13,19H,7-8,24H2,1-2H3;1H/t19-;/m1./s1. The average molecular weight is 412 g/mol. The summed E-state index contributed by atoms with van der Waals surface area (Å²) < 4.78 is 5.72. The van der Waals surface area contributed by atoms with Gasteiger partial charge in [-0.1, -0.05) is 18.2 Å². The zero-order valence-electron chi connectivity index (χ0n) is 15.8. The summed E-state index contributed by atoms with van der Waals surface area (Å²) in [6.45, 7) is 3.91. The number of rotatable bonds is 4. The van der Waals surface area contributed by atoms with Crippen LogP contribution in [0.2, 0.25) is 0 Å². The molecule has 1 heterocycles. The van der Waals surface area contributed by atoms with Gasteiger partial charge in [-0.2, -0.15) is 5.26 Å². The fourth-order valence-electron chi connectivity index (χ4n) is 3.55. The molecule has 0 bridgehead atoms. The monoisotopic (exact) mass is 411 g/mol. The number of nitrogens with two attached hydrogens (primary N) is 1. The molecule has 4 nitrogen and oxygen atoms in total. The second kappa shape index (κ2) is 8.32. The summed E-state index contributed by atoms with van der Waals surface area (Å²) in [5.41, 5.74) is 11.5. The second-order valence-electron chi connectivity index (χ2n) is 7.04. The number of thiazole rings is 1. The van der Waals surface area contributed by atoms with E-state index in [9.17, 15) is 5.26 Å². The first-order chi connectivity index (χ1) is 13.1. The van der Waals surface area contributed by atoms with Crippen molar-refractivity contribution in [1.29, 1.82) is 5.26 Å². The van der Waals surface area contributed by atoms with Gasteiger partial charge in [0, 0.05) is 17.8 Å². The predicted octanol–water partition coefficient (Wildman–Crippen LogP) is 5.50.